The minimum Gasteiger partial charge on any atom is -0.351 e. The van der Waals surface area contributed by atoms with Crippen molar-refractivity contribution >= 4 is 22.4 Å². The number of hydrogen-bond donors (Lipinski definition) is 0. The minimum absolute atomic E-state index is 0.309. The Morgan fingerprint density at radius 2 is 1.73 bits per heavy atom. The Balaban J connectivity index is 1.42. The lowest BCUT2D eigenvalue weighted by molar-refractivity contribution is 0.502. The molecule has 0 N–H and O–H groups in total. The molecule has 1 aliphatic rings. The lowest BCUT2D eigenvalue weighted by Crippen LogP contribution is -2.53. The molecule has 0 aliphatic carbocycles. The number of benzene rings is 2. The van der Waals surface area contributed by atoms with Crippen LogP contribution < -0.4 is 9.80 Å². The normalized spacial score (nSPS) is 16.1. The number of aromatic nitrogens is 3. The third-order valence-corrected chi connectivity index (χ3v) is 6.38. The molecule has 0 amide bonds. The van der Waals surface area contributed by atoms with Crippen LogP contribution in [0.5, 0.6) is 0 Å². The molecule has 164 valence electrons. The molecule has 1 fully saturated rings. The van der Waals surface area contributed by atoms with Crippen molar-refractivity contribution in [2.24, 2.45) is 0 Å². The van der Waals surface area contributed by atoms with Crippen molar-refractivity contribution in [2.45, 2.75) is 25.8 Å². The summed E-state index contributed by atoms with van der Waals surface area (Å²) in [5, 5.41) is 20.8. The van der Waals surface area contributed by atoms with Crippen LogP contribution in [0, 0.1) is 11.3 Å². The van der Waals surface area contributed by atoms with E-state index in [1.807, 2.05) is 18.2 Å². The molecule has 1 saturated heterocycles. The SMILES string of the molecule is CC[C@@H]1CN(c2nnc(Cc3ccccc3)c3ccccc23)CCN1c1ccc(C#N)cn1. The fourth-order valence-corrected chi connectivity index (χ4v) is 4.62. The summed E-state index contributed by atoms with van der Waals surface area (Å²) in [7, 11) is 0. The quantitative estimate of drug-likeness (QED) is 0.458. The lowest BCUT2D eigenvalue weighted by Gasteiger charge is -2.42. The fourth-order valence-electron chi connectivity index (χ4n) is 4.62. The summed E-state index contributed by atoms with van der Waals surface area (Å²) in [6, 6.07) is 25.1. The van der Waals surface area contributed by atoms with Gasteiger partial charge in [0.1, 0.15) is 11.9 Å². The molecule has 6 nitrogen and oxygen atoms in total. The summed E-state index contributed by atoms with van der Waals surface area (Å²) in [5.41, 5.74) is 2.83. The lowest BCUT2D eigenvalue weighted by atomic mass is 10.0. The van der Waals surface area contributed by atoms with Crippen molar-refractivity contribution in [2.75, 3.05) is 29.4 Å². The highest BCUT2D eigenvalue weighted by molar-refractivity contribution is 5.93. The molecule has 33 heavy (non-hydrogen) atoms. The largest absolute Gasteiger partial charge is 0.351 e. The number of anilines is 2. The Bertz CT molecular complexity index is 1280. The summed E-state index contributed by atoms with van der Waals surface area (Å²) in [4.78, 5) is 9.23. The highest BCUT2D eigenvalue weighted by Gasteiger charge is 2.28. The number of piperazine rings is 1. The van der Waals surface area contributed by atoms with E-state index in [0.717, 1.165) is 60.6 Å². The van der Waals surface area contributed by atoms with E-state index in [1.54, 1.807) is 6.20 Å². The molecule has 0 bridgehead atoms. The summed E-state index contributed by atoms with van der Waals surface area (Å²) in [6.45, 7) is 4.75. The molecule has 0 saturated carbocycles. The van der Waals surface area contributed by atoms with Crippen LogP contribution in [-0.4, -0.2) is 40.9 Å². The molecule has 0 unspecified atom stereocenters. The maximum atomic E-state index is 9.06. The highest BCUT2D eigenvalue weighted by Crippen LogP contribution is 2.30. The molecule has 2 aromatic heterocycles. The maximum Gasteiger partial charge on any atom is 0.159 e. The van der Waals surface area contributed by atoms with E-state index >= 15 is 0 Å². The van der Waals surface area contributed by atoms with Gasteiger partial charge >= 0.3 is 0 Å². The first-order valence-electron chi connectivity index (χ1n) is 11.4. The molecular formula is C27H26N6. The summed E-state index contributed by atoms with van der Waals surface area (Å²) >= 11 is 0. The van der Waals surface area contributed by atoms with E-state index in [0.29, 0.717) is 11.6 Å². The summed E-state index contributed by atoms with van der Waals surface area (Å²) in [5.74, 6) is 1.88. The predicted octanol–water partition coefficient (Wildman–Crippen LogP) is 4.59. The van der Waals surface area contributed by atoms with Crippen molar-refractivity contribution in [1.82, 2.24) is 15.2 Å². The second-order valence-corrected chi connectivity index (χ2v) is 8.40. The number of rotatable bonds is 5. The molecular weight excluding hydrogens is 408 g/mol. The maximum absolute atomic E-state index is 9.06. The first kappa shape index (κ1) is 20.9. The summed E-state index contributed by atoms with van der Waals surface area (Å²) in [6.07, 6.45) is 3.42. The van der Waals surface area contributed by atoms with Crippen LogP contribution in [-0.2, 0) is 6.42 Å². The average Bonchev–Trinajstić information content (AvgIpc) is 2.89. The first-order valence-corrected chi connectivity index (χ1v) is 11.4. The molecule has 2 aromatic carbocycles. The topological polar surface area (TPSA) is 68.9 Å². The average molecular weight is 435 g/mol. The minimum atomic E-state index is 0.309. The van der Waals surface area contributed by atoms with Crippen LogP contribution in [0.1, 0.15) is 30.2 Å². The van der Waals surface area contributed by atoms with Gasteiger partial charge in [-0.3, -0.25) is 0 Å². The third-order valence-electron chi connectivity index (χ3n) is 6.38. The molecule has 3 heterocycles. The number of pyridine rings is 1. The van der Waals surface area contributed by atoms with Crippen LogP contribution in [0.25, 0.3) is 10.8 Å². The third kappa shape index (κ3) is 4.22. The predicted molar refractivity (Wildman–Crippen MR) is 131 cm³/mol. The van der Waals surface area contributed by atoms with Gasteiger partial charge in [-0.25, -0.2) is 4.98 Å². The smallest absolute Gasteiger partial charge is 0.159 e. The Hall–Kier alpha value is -3.98. The molecule has 0 spiro atoms. The highest BCUT2D eigenvalue weighted by atomic mass is 15.3. The van der Waals surface area contributed by atoms with Crippen molar-refractivity contribution in [3.8, 4) is 6.07 Å². The molecule has 6 heteroatoms. The number of nitrogens with zero attached hydrogens (tertiary/aromatic N) is 6. The monoisotopic (exact) mass is 434 g/mol. The van der Waals surface area contributed by atoms with Crippen LogP contribution in [0.3, 0.4) is 0 Å². The van der Waals surface area contributed by atoms with Gasteiger partial charge in [0.05, 0.1) is 11.3 Å². The van der Waals surface area contributed by atoms with Gasteiger partial charge in [-0.05, 0) is 24.1 Å². The molecule has 1 aliphatic heterocycles. The second kappa shape index (κ2) is 9.25. The van der Waals surface area contributed by atoms with Crippen molar-refractivity contribution < 1.29 is 0 Å². The standard InChI is InChI=1S/C27H26N6/c1-2-22-19-32(14-15-33(22)26-13-12-21(17-28)18-29-26)27-24-11-7-6-10-23(24)25(30-31-27)16-20-8-4-3-5-9-20/h3-13,18,22H,2,14-16,19H2,1H3/t22-/m1/s1. The van der Waals surface area contributed by atoms with Crippen LogP contribution in [0.15, 0.2) is 72.9 Å². The summed E-state index contributed by atoms with van der Waals surface area (Å²) < 4.78 is 0. The molecule has 0 radical (unpaired) electrons. The van der Waals surface area contributed by atoms with Crippen molar-refractivity contribution in [1.29, 1.82) is 5.26 Å². The van der Waals surface area contributed by atoms with E-state index in [1.165, 1.54) is 5.56 Å². The zero-order valence-electron chi connectivity index (χ0n) is 18.7. The van der Waals surface area contributed by atoms with E-state index in [2.05, 4.69) is 81.4 Å². The van der Waals surface area contributed by atoms with Gasteiger partial charge in [0.25, 0.3) is 0 Å². The Morgan fingerprint density at radius 3 is 2.45 bits per heavy atom. The second-order valence-electron chi connectivity index (χ2n) is 8.40. The number of fused-ring (bicyclic) bond motifs is 1. The Morgan fingerprint density at radius 1 is 0.939 bits per heavy atom. The van der Waals surface area contributed by atoms with Gasteiger partial charge in [0.2, 0.25) is 0 Å². The van der Waals surface area contributed by atoms with Gasteiger partial charge < -0.3 is 9.80 Å². The van der Waals surface area contributed by atoms with E-state index in [9.17, 15) is 0 Å². The van der Waals surface area contributed by atoms with Crippen molar-refractivity contribution in [3.05, 3.63) is 89.7 Å². The molecule has 4 aromatic rings. The fraction of sp³-hybridized carbons (Fsp3) is 0.259. The number of hydrogen-bond acceptors (Lipinski definition) is 6. The van der Waals surface area contributed by atoms with E-state index < -0.39 is 0 Å². The van der Waals surface area contributed by atoms with Crippen LogP contribution >= 0.6 is 0 Å². The van der Waals surface area contributed by atoms with Gasteiger partial charge in [-0.2, -0.15) is 10.4 Å². The van der Waals surface area contributed by atoms with Crippen LogP contribution in [0.4, 0.5) is 11.6 Å². The number of nitriles is 1. The van der Waals surface area contributed by atoms with Gasteiger partial charge in [-0.1, -0.05) is 61.5 Å². The van der Waals surface area contributed by atoms with Gasteiger partial charge in [-0.15, -0.1) is 5.10 Å². The van der Waals surface area contributed by atoms with E-state index in [-0.39, 0.29) is 0 Å². The Labute approximate surface area is 194 Å². The zero-order chi connectivity index (χ0) is 22.6. The van der Waals surface area contributed by atoms with Gasteiger partial charge in [0.15, 0.2) is 5.82 Å². The van der Waals surface area contributed by atoms with Gasteiger partial charge in [0, 0.05) is 49.1 Å². The van der Waals surface area contributed by atoms with E-state index in [4.69, 9.17) is 10.4 Å². The van der Waals surface area contributed by atoms with Crippen LogP contribution in [0.2, 0.25) is 0 Å². The zero-order valence-corrected chi connectivity index (χ0v) is 18.7. The molecule has 5 rings (SSSR count). The first-order chi connectivity index (χ1) is 16.3. The molecule has 1 atom stereocenters. The van der Waals surface area contributed by atoms with Crippen molar-refractivity contribution in [3.63, 3.8) is 0 Å². The Kier molecular flexibility index (Phi) is 5.86.